The maximum Gasteiger partial charge on any atom is 0.271 e. The molecule has 12 nitrogen and oxygen atoms in total. The number of rotatable bonds is 6. The Labute approximate surface area is 329 Å². The molecule has 0 aliphatic carbocycles. The number of pyridine rings is 2. The fourth-order valence-electron chi connectivity index (χ4n) is 5.25. The number of imide groups is 1. The van der Waals surface area contributed by atoms with Crippen molar-refractivity contribution in [1.82, 2.24) is 29.5 Å². The first-order valence-corrected chi connectivity index (χ1v) is 17.3. The molecule has 6 aromatic rings. The average molecular weight is 810 g/mol. The van der Waals surface area contributed by atoms with E-state index < -0.39 is 29.6 Å². The molecule has 284 valence electrons. The van der Waals surface area contributed by atoms with Crippen LogP contribution < -0.4 is 10.2 Å². The van der Waals surface area contributed by atoms with Crippen LogP contribution in [0.1, 0.15) is 46.0 Å². The molecule has 0 unspecified atom stereocenters. The van der Waals surface area contributed by atoms with Crippen molar-refractivity contribution in [3.8, 4) is 22.5 Å². The lowest BCUT2D eigenvalue weighted by Crippen LogP contribution is -2.36. The van der Waals surface area contributed by atoms with Crippen LogP contribution in [0.15, 0.2) is 85.2 Å². The number of aryl methyl sites for hydroxylation is 4. The summed E-state index contributed by atoms with van der Waals surface area (Å²) in [5.74, 6) is -3.37. The zero-order valence-corrected chi connectivity index (χ0v) is 32.5. The van der Waals surface area contributed by atoms with Crippen LogP contribution in [0.2, 0.25) is 10.0 Å². The number of anilines is 2. The van der Waals surface area contributed by atoms with Crippen molar-refractivity contribution in [1.29, 1.82) is 0 Å². The van der Waals surface area contributed by atoms with Gasteiger partial charge in [0.05, 0.1) is 44.2 Å². The van der Waals surface area contributed by atoms with E-state index in [4.69, 9.17) is 23.2 Å². The van der Waals surface area contributed by atoms with E-state index in [1.807, 2.05) is 12.1 Å². The van der Waals surface area contributed by atoms with E-state index in [9.17, 15) is 28.0 Å². The lowest BCUT2D eigenvalue weighted by Gasteiger charge is -2.22. The fourth-order valence-corrected chi connectivity index (χ4v) is 5.47. The molecule has 0 bridgehead atoms. The zero-order chi connectivity index (χ0) is 40.6. The van der Waals surface area contributed by atoms with Crippen LogP contribution in [0.4, 0.5) is 20.2 Å². The van der Waals surface area contributed by atoms with Gasteiger partial charge in [0.1, 0.15) is 11.1 Å². The summed E-state index contributed by atoms with van der Waals surface area (Å²) >= 11 is 16.4. The van der Waals surface area contributed by atoms with Crippen LogP contribution in [-0.2, 0) is 23.7 Å². The Morgan fingerprint density at radius 2 is 1.15 bits per heavy atom. The highest BCUT2D eigenvalue weighted by Crippen LogP contribution is 2.32. The van der Waals surface area contributed by atoms with Crippen molar-refractivity contribution in [3.05, 3.63) is 130 Å². The van der Waals surface area contributed by atoms with Crippen LogP contribution >= 0.6 is 34.8 Å². The summed E-state index contributed by atoms with van der Waals surface area (Å²) in [5.41, 5.74) is 3.47. The van der Waals surface area contributed by atoms with Gasteiger partial charge in [-0.1, -0.05) is 59.6 Å². The van der Waals surface area contributed by atoms with E-state index in [1.165, 1.54) is 47.3 Å². The van der Waals surface area contributed by atoms with Gasteiger partial charge in [0.2, 0.25) is 23.0 Å². The molecule has 0 fully saturated rings. The lowest BCUT2D eigenvalue weighted by molar-refractivity contribution is -0.116. The lowest BCUT2D eigenvalue weighted by atomic mass is 10.1. The normalized spacial score (nSPS) is 10.4. The second-order valence-electron chi connectivity index (χ2n) is 11.6. The number of hydrogen-bond donors (Lipinski definition) is 1. The molecule has 4 aromatic heterocycles. The first kappa shape index (κ1) is 41.9. The third-order valence-electron chi connectivity index (χ3n) is 7.59. The summed E-state index contributed by atoms with van der Waals surface area (Å²) < 4.78 is 30.5. The Hall–Kier alpha value is -5.83. The Morgan fingerprint density at radius 1 is 0.691 bits per heavy atom. The molecule has 55 heavy (non-hydrogen) atoms. The predicted molar refractivity (Wildman–Crippen MR) is 207 cm³/mol. The smallest absolute Gasteiger partial charge is 0.271 e. The largest absolute Gasteiger partial charge is 0.321 e. The highest BCUT2D eigenvalue weighted by Gasteiger charge is 2.30. The van der Waals surface area contributed by atoms with E-state index in [-0.39, 0.29) is 22.1 Å². The third kappa shape index (κ3) is 10.2. The monoisotopic (exact) mass is 808 g/mol. The van der Waals surface area contributed by atoms with E-state index in [1.54, 1.807) is 67.6 Å². The number of amides is 3. The second kappa shape index (κ2) is 18.5. The number of hydrogen-bond acceptors (Lipinski definition) is 8. The number of halogens is 5. The van der Waals surface area contributed by atoms with Crippen molar-refractivity contribution in [2.24, 2.45) is 14.1 Å². The van der Waals surface area contributed by atoms with E-state index in [0.717, 1.165) is 14.3 Å². The van der Waals surface area contributed by atoms with Crippen molar-refractivity contribution in [3.63, 3.8) is 0 Å². The molecular weight excluding hydrogens is 777 g/mol. The number of para-hydroxylation sites is 2. The number of aromatic nitrogens is 6. The van der Waals surface area contributed by atoms with Gasteiger partial charge in [0.15, 0.2) is 0 Å². The molecule has 0 radical (unpaired) electrons. The Balaban J connectivity index is 0.000000224. The number of benzene rings is 2. The molecule has 0 aliphatic heterocycles. The average Bonchev–Trinajstić information content (AvgIpc) is 3.54. The van der Waals surface area contributed by atoms with Crippen LogP contribution in [0.3, 0.4) is 0 Å². The summed E-state index contributed by atoms with van der Waals surface area (Å²) in [5, 5.41) is 11.2. The molecule has 6 rings (SSSR count). The van der Waals surface area contributed by atoms with Crippen LogP contribution in [0.25, 0.3) is 22.5 Å². The minimum Gasteiger partial charge on any atom is -0.321 e. The summed E-state index contributed by atoms with van der Waals surface area (Å²) in [7, 11) is 2.84. The van der Waals surface area contributed by atoms with Gasteiger partial charge in [-0.25, -0.2) is 14.3 Å². The first-order valence-electron chi connectivity index (χ1n) is 16.1. The van der Waals surface area contributed by atoms with Gasteiger partial charge in [-0.05, 0) is 61.8 Å². The standard InChI is InChI=1S/C19H16ClFN4O2.C17H14ClFN4O.C2H3ClO/c1-11-17(18(21)24(3)23-11)19(27)25(12(2)26)16-7-5-4-6-14(16)15-9-8-13(20)10-22-15;1-10-15(16(19)23(2)22-10)17(24)21-14-6-4-3-5-12(14)13-8-7-11(18)9-20-13;1-2(3)4/h4-10H,1-3H3;3-9H,1-2H3,(H,21,24);1H3. The van der Waals surface area contributed by atoms with Crippen LogP contribution in [-0.4, -0.2) is 52.5 Å². The van der Waals surface area contributed by atoms with E-state index in [2.05, 4.69) is 37.1 Å². The maximum absolute atomic E-state index is 14.4. The Kier molecular flexibility index (Phi) is 14.1. The SMILES string of the molecule is CC(=O)Cl.CC(=O)N(C(=O)c1c(C)nn(C)c1F)c1ccccc1-c1ccc(Cl)cn1.Cc1nn(C)c(F)c1C(=O)Nc1ccccc1-c1ccc(Cl)cn1. The van der Waals surface area contributed by atoms with Gasteiger partial charge in [-0.2, -0.15) is 19.0 Å². The Morgan fingerprint density at radius 3 is 1.60 bits per heavy atom. The first-order chi connectivity index (χ1) is 26.0. The molecule has 17 heteroatoms. The fraction of sp³-hybridized carbons (Fsp3) is 0.158. The van der Waals surface area contributed by atoms with Crippen LogP contribution in [0, 0.1) is 25.7 Å². The van der Waals surface area contributed by atoms with Gasteiger partial charge < -0.3 is 5.32 Å². The summed E-state index contributed by atoms with van der Waals surface area (Å²) in [4.78, 5) is 56.5. The molecule has 2 aromatic carbocycles. The van der Waals surface area contributed by atoms with Crippen molar-refractivity contribution in [2.75, 3.05) is 10.2 Å². The Bertz CT molecular complexity index is 2360. The molecule has 0 saturated carbocycles. The number of nitrogens with one attached hydrogen (secondary N) is 1. The summed E-state index contributed by atoms with van der Waals surface area (Å²) in [6.07, 6.45) is 3.00. The number of carbonyl (C=O) groups excluding carboxylic acids is 4. The molecule has 0 atom stereocenters. The van der Waals surface area contributed by atoms with E-state index >= 15 is 0 Å². The number of carbonyl (C=O) groups is 4. The van der Waals surface area contributed by atoms with E-state index in [0.29, 0.717) is 49.6 Å². The second-order valence-corrected chi connectivity index (χ2v) is 13.0. The quantitative estimate of drug-likeness (QED) is 0.165. The molecular formula is C38H33Cl3F2N8O4. The highest BCUT2D eigenvalue weighted by molar-refractivity contribution is 6.62. The van der Waals surface area contributed by atoms with Gasteiger partial charge in [-0.15, -0.1) is 0 Å². The van der Waals surface area contributed by atoms with Crippen molar-refractivity contribution < 1.29 is 28.0 Å². The predicted octanol–water partition coefficient (Wildman–Crippen LogP) is 8.38. The summed E-state index contributed by atoms with van der Waals surface area (Å²) in [6, 6.07) is 20.7. The summed E-state index contributed by atoms with van der Waals surface area (Å²) in [6.45, 7) is 5.64. The minimum absolute atomic E-state index is 0.0728. The topological polar surface area (TPSA) is 145 Å². The molecule has 0 aliphatic rings. The molecule has 0 saturated heterocycles. The molecule has 1 N–H and O–H groups in total. The number of nitrogens with zero attached hydrogens (tertiary/aromatic N) is 7. The van der Waals surface area contributed by atoms with Gasteiger partial charge in [0.25, 0.3) is 11.8 Å². The third-order valence-corrected chi connectivity index (χ3v) is 8.04. The molecule has 4 heterocycles. The molecule has 0 spiro atoms. The van der Waals surface area contributed by atoms with Gasteiger partial charge in [-0.3, -0.25) is 29.1 Å². The zero-order valence-electron chi connectivity index (χ0n) is 30.2. The van der Waals surface area contributed by atoms with Gasteiger partial charge >= 0.3 is 0 Å². The van der Waals surface area contributed by atoms with Gasteiger partial charge in [0, 0.05) is 51.5 Å². The van der Waals surface area contributed by atoms with Crippen molar-refractivity contribution in [2.45, 2.75) is 27.7 Å². The highest BCUT2D eigenvalue weighted by atomic mass is 35.5. The van der Waals surface area contributed by atoms with Crippen LogP contribution in [0.5, 0.6) is 0 Å². The van der Waals surface area contributed by atoms with Crippen molar-refractivity contribution >= 4 is 69.1 Å². The minimum atomic E-state index is -0.800. The molecule has 3 amide bonds. The maximum atomic E-state index is 14.4.